The monoisotopic (exact) mass is 555 g/mol. The molecule has 3 heterocycles. The predicted octanol–water partition coefficient (Wildman–Crippen LogP) is 4.72. The van der Waals surface area contributed by atoms with Crippen molar-refractivity contribution >= 4 is 52.5 Å². The minimum Gasteiger partial charge on any atom is -0.394 e. The highest BCUT2D eigenvalue weighted by atomic mass is 35.5. The topological polar surface area (TPSA) is 98.7 Å². The van der Waals surface area contributed by atoms with Crippen molar-refractivity contribution in [1.29, 1.82) is 0 Å². The zero-order valence-corrected chi connectivity index (χ0v) is 23.4. The number of rotatable bonds is 8. The van der Waals surface area contributed by atoms with E-state index >= 15 is 0 Å². The highest BCUT2D eigenvalue weighted by molar-refractivity contribution is 8.02. The first-order valence-corrected chi connectivity index (χ1v) is 14.5. The summed E-state index contributed by atoms with van der Waals surface area (Å²) < 4.78 is -0.746. The first-order valence-electron chi connectivity index (χ1n) is 13.2. The summed E-state index contributed by atoms with van der Waals surface area (Å²) in [5.74, 6) is -1.73. The molecule has 3 fully saturated rings. The molecule has 2 bridgehead atoms. The van der Waals surface area contributed by atoms with Gasteiger partial charge in [-0.25, -0.2) is 0 Å². The molecule has 2 aromatic rings. The number of para-hydroxylation sites is 2. The number of aliphatic hydroxyl groups excluding tert-OH is 1. The number of aliphatic hydroxyl groups is 1. The van der Waals surface area contributed by atoms with E-state index in [9.17, 15) is 19.5 Å². The summed E-state index contributed by atoms with van der Waals surface area (Å²) in [4.78, 5) is 43.6. The van der Waals surface area contributed by atoms with Crippen LogP contribution in [0.2, 0.25) is 5.02 Å². The lowest BCUT2D eigenvalue weighted by atomic mass is 9.70. The van der Waals surface area contributed by atoms with E-state index in [4.69, 9.17) is 11.6 Å². The van der Waals surface area contributed by atoms with E-state index in [0.29, 0.717) is 29.2 Å². The lowest BCUT2D eigenvalue weighted by Crippen LogP contribution is -2.55. The molecule has 38 heavy (non-hydrogen) atoms. The van der Waals surface area contributed by atoms with Gasteiger partial charge in [-0.1, -0.05) is 55.8 Å². The smallest absolute Gasteiger partial charge is 0.248 e. The van der Waals surface area contributed by atoms with Crippen molar-refractivity contribution in [2.75, 3.05) is 17.2 Å². The van der Waals surface area contributed by atoms with Gasteiger partial charge in [-0.05, 0) is 55.9 Å². The second-order valence-corrected chi connectivity index (χ2v) is 13.1. The number of carbonyl (C=O) groups is 3. The first-order chi connectivity index (χ1) is 18.2. The van der Waals surface area contributed by atoms with Crippen LogP contribution < -0.4 is 10.6 Å². The molecule has 2 unspecified atom stereocenters. The van der Waals surface area contributed by atoms with Crippen LogP contribution in [0.1, 0.15) is 38.7 Å². The number of carbonyl (C=O) groups excluding carboxylic acids is 3. The first kappa shape index (κ1) is 27.0. The van der Waals surface area contributed by atoms with Gasteiger partial charge >= 0.3 is 0 Å². The van der Waals surface area contributed by atoms with Crippen molar-refractivity contribution in [1.82, 2.24) is 4.90 Å². The van der Waals surface area contributed by atoms with E-state index in [1.807, 2.05) is 63.2 Å². The van der Waals surface area contributed by atoms with Gasteiger partial charge in [-0.3, -0.25) is 14.4 Å². The van der Waals surface area contributed by atoms with Gasteiger partial charge in [0.25, 0.3) is 0 Å². The Morgan fingerprint density at radius 1 is 1.13 bits per heavy atom. The van der Waals surface area contributed by atoms with Crippen LogP contribution in [0.4, 0.5) is 11.4 Å². The van der Waals surface area contributed by atoms with E-state index < -0.39 is 28.7 Å². The van der Waals surface area contributed by atoms with Gasteiger partial charge in [0.15, 0.2) is 0 Å². The molecule has 0 aromatic heterocycles. The predicted molar refractivity (Wildman–Crippen MR) is 151 cm³/mol. The molecular formula is C29H34ClN3O4S. The van der Waals surface area contributed by atoms with Crippen LogP contribution in [0.15, 0.2) is 48.5 Å². The van der Waals surface area contributed by atoms with Crippen LogP contribution in [0, 0.1) is 24.7 Å². The van der Waals surface area contributed by atoms with Crippen molar-refractivity contribution in [2.45, 2.75) is 62.1 Å². The van der Waals surface area contributed by atoms with E-state index in [2.05, 4.69) is 10.6 Å². The van der Waals surface area contributed by atoms with Crippen LogP contribution in [0.5, 0.6) is 0 Å². The average molecular weight is 556 g/mol. The zero-order chi connectivity index (χ0) is 27.2. The Morgan fingerprint density at radius 3 is 2.53 bits per heavy atom. The Labute approximate surface area is 232 Å². The van der Waals surface area contributed by atoms with Gasteiger partial charge in [-0.2, -0.15) is 0 Å². The molecule has 6 atom stereocenters. The number of amides is 3. The minimum absolute atomic E-state index is 0.0511. The quantitative estimate of drug-likeness (QED) is 0.437. The Bertz CT molecular complexity index is 1220. The highest BCUT2D eigenvalue weighted by Gasteiger charge is 2.74. The molecule has 202 valence electrons. The summed E-state index contributed by atoms with van der Waals surface area (Å²) in [6, 6.07) is 13.3. The number of fused-ring (bicyclic) bond motifs is 1. The average Bonchev–Trinajstić information content (AvgIpc) is 3.52. The summed E-state index contributed by atoms with van der Waals surface area (Å²) in [5.41, 5.74) is 2.02. The van der Waals surface area contributed by atoms with Gasteiger partial charge in [0.1, 0.15) is 6.04 Å². The molecule has 0 aliphatic carbocycles. The van der Waals surface area contributed by atoms with E-state index in [1.54, 1.807) is 22.7 Å². The number of nitrogens with one attached hydrogen (secondary N) is 2. The van der Waals surface area contributed by atoms with E-state index in [-0.39, 0.29) is 35.5 Å². The molecule has 1 spiro atoms. The molecule has 9 heteroatoms. The number of benzene rings is 2. The second-order valence-electron chi connectivity index (χ2n) is 11.0. The van der Waals surface area contributed by atoms with Gasteiger partial charge < -0.3 is 20.6 Å². The SMILES string of the molecule is Cc1cccc(Cl)c1NC(=O)C1N([C@@H](CO)CC(C)C)C(=O)[C@@H]2[C@@H](C(=O)Nc3ccccc3)[C@H]3CCC12S3. The number of anilines is 2. The third-order valence-corrected chi connectivity index (χ3v) is 10.4. The van der Waals surface area contributed by atoms with Crippen LogP contribution in [0.25, 0.3) is 0 Å². The largest absolute Gasteiger partial charge is 0.394 e. The Kier molecular flexibility index (Phi) is 7.50. The van der Waals surface area contributed by atoms with Crippen LogP contribution in [-0.4, -0.2) is 56.4 Å². The molecular weight excluding hydrogens is 522 g/mol. The fraction of sp³-hybridized carbons (Fsp3) is 0.483. The second kappa shape index (κ2) is 10.5. The fourth-order valence-electron chi connectivity index (χ4n) is 6.63. The number of likely N-dealkylation sites (tertiary alicyclic amines) is 1. The van der Waals surface area contributed by atoms with Crippen molar-refractivity contribution in [2.24, 2.45) is 17.8 Å². The number of aryl methyl sites for hydroxylation is 1. The zero-order valence-electron chi connectivity index (χ0n) is 21.8. The lowest BCUT2D eigenvalue weighted by molar-refractivity contribution is -0.141. The molecule has 5 rings (SSSR count). The molecule has 3 saturated heterocycles. The minimum atomic E-state index is -0.823. The Morgan fingerprint density at radius 2 is 1.87 bits per heavy atom. The number of hydrogen-bond acceptors (Lipinski definition) is 5. The molecule has 3 amide bonds. The summed E-state index contributed by atoms with van der Waals surface area (Å²) in [5, 5.41) is 16.8. The van der Waals surface area contributed by atoms with Gasteiger partial charge in [0, 0.05) is 10.9 Å². The van der Waals surface area contributed by atoms with Crippen LogP contribution >= 0.6 is 23.4 Å². The Balaban J connectivity index is 1.53. The summed E-state index contributed by atoms with van der Waals surface area (Å²) in [7, 11) is 0. The molecule has 3 aliphatic heterocycles. The maximum atomic E-state index is 14.2. The maximum absolute atomic E-state index is 14.2. The summed E-state index contributed by atoms with van der Waals surface area (Å²) in [6.45, 7) is 5.67. The molecule has 0 saturated carbocycles. The number of hydrogen-bond donors (Lipinski definition) is 3. The van der Waals surface area contributed by atoms with Crippen LogP contribution in [-0.2, 0) is 14.4 Å². The fourth-order valence-corrected chi connectivity index (χ4v) is 9.11. The molecule has 3 N–H and O–H groups in total. The van der Waals surface area contributed by atoms with Gasteiger partial charge in [-0.15, -0.1) is 11.8 Å². The van der Waals surface area contributed by atoms with E-state index in [0.717, 1.165) is 12.0 Å². The number of thioether (sulfide) groups is 1. The van der Waals surface area contributed by atoms with Crippen molar-refractivity contribution < 1.29 is 19.5 Å². The van der Waals surface area contributed by atoms with Crippen LogP contribution in [0.3, 0.4) is 0 Å². The molecule has 7 nitrogen and oxygen atoms in total. The number of halogens is 1. The third kappa shape index (κ3) is 4.50. The molecule has 2 aromatic carbocycles. The van der Waals surface area contributed by atoms with Gasteiger partial charge in [0.05, 0.1) is 39.9 Å². The van der Waals surface area contributed by atoms with Gasteiger partial charge in [0.2, 0.25) is 17.7 Å². The third-order valence-electron chi connectivity index (χ3n) is 8.15. The summed E-state index contributed by atoms with van der Waals surface area (Å²) in [6.07, 6.45) is 1.96. The Hall–Kier alpha value is -2.55. The highest BCUT2D eigenvalue weighted by Crippen LogP contribution is 2.66. The standard InChI is InChI=1S/C29H34ClN3O4S/c1-16(2)14-19(15-34)33-25(27(36)32-24-17(3)8-7-11-20(24)30)29-13-12-21(38-29)22(23(29)28(33)37)26(35)31-18-9-5-4-6-10-18/h4-11,16,19,21-23,25,34H,12-15H2,1-3H3,(H,31,35)(H,32,36)/t19-,21-,22+,23+,25?,29?/m1/s1. The van der Waals surface area contributed by atoms with E-state index in [1.165, 1.54) is 0 Å². The summed E-state index contributed by atoms with van der Waals surface area (Å²) >= 11 is 8.05. The van der Waals surface area contributed by atoms with Crippen molar-refractivity contribution in [3.8, 4) is 0 Å². The molecule has 3 aliphatic rings. The maximum Gasteiger partial charge on any atom is 0.248 e. The van der Waals surface area contributed by atoms with Crippen molar-refractivity contribution in [3.63, 3.8) is 0 Å². The lowest BCUT2D eigenvalue weighted by Gasteiger charge is -2.37. The van der Waals surface area contributed by atoms with Crippen molar-refractivity contribution in [3.05, 3.63) is 59.1 Å². The molecule has 0 radical (unpaired) electrons. The normalized spacial score (nSPS) is 28.5. The number of nitrogens with zero attached hydrogens (tertiary/aromatic N) is 1.